The predicted molar refractivity (Wildman–Crippen MR) is 178 cm³/mol. The molecular weight excluding hydrogens is 558 g/mol. The van der Waals surface area contributed by atoms with Crippen LogP contribution in [0.25, 0.3) is 11.1 Å². The summed E-state index contributed by atoms with van der Waals surface area (Å²) in [5.41, 5.74) is 6.21. The molecule has 0 saturated heterocycles. The molecule has 1 heterocycles. The van der Waals surface area contributed by atoms with Gasteiger partial charge in [0.1, 0.15) is 30.4 Å². The molecule has 1 aliphatic rings. The topological polar surface area (TPSA) is 115 Å². The van der Waals surface area contributed by atoms with Gasteiger partial charge in [0.15, 0.2) is 0 Å². The lowest BCUT2D eigenvalue weighted by molar-refractivity contribution is -0.893. The Bertz CT molecular complexity index is 1720. The van der Waals surface area contributed by atoms with Crippen LogP contribution in [-0.4, -0.2) is 61.1 Å². The fraction of sp³-hybridized carbons (Fsp3) is 0.237. The van der Waals surface area contributed by atoms with Crippen molar-refractivity contribution in [3.8, 4) is 18.2 Å². The van der Waals surface area contributed by atoms with Crippen molar-refractivity contribution in [2.45, 2.75) is 18.9 Å². The van der Waals surface area contributed by atoms with Gasteiger partial charge in [-0.3, -0.25) is 0 Å². The minimum absolute atomic E-state index is 0.120. The molecule has 1 aliphatic heterocycles. The van der Waals surface area contributed by atoms with Crippen LogP contribution in [-0.2, 0) is 0 Å². The van der Waals surface area contributed by atoms with E-state index in [2.05, 4.69) is 55.4 Å². The summed E-state index contributed by atoms with van der Waals surface area (Å²) >= 11 is 0. The molecule has 0 fully saturated rings. The van der Waals surface area contributed by atoms with Crippen LogP contribution in [0.3, 0.4) is 0 Å². The van der Waals surface area contributed by atoms with E-state index >= 15 is 0 Å². The van der Waals surface area contributed by atoms with E-state index in [-0.39, 0.29) is 17.8 Å². The molecule has 0 bridgehead atoms. The lowest BCUT2D eigenvalue weighted by atomic mass is 9.91. The van der Waals surface area contributed by atoms with Gasteiger partial charge in [-0.25, -0.2) is 0 Å². The number of quaternary nitrogens is 1. The summed E-state index contributed by atoms with van der Waals surface area (Å²) in [6.07, 6.45) is 6.74. The number of rotatable bonds is 12. The Hall–Kier alpha value is -5.23. The van der Waals surface area contributed by atoms with Crippen molar-refractivity contribution in [2.75, 3.05) is 45.2 Å². The first-order valence-corrected chi connectivity index (χ1v) is 15.0. The maximum absolute atomic E-state index is 10.2. The maximum Gasteiger partial charge on any atom is 0.138 e. The standard InChI is InChI=1S/C38H38N5O2/c1-43(2,27-34(45)28-44)22-12-11-21-42-33(23-36(29-13-5-3-6-14-29)35-17-9-10-18-37(35)42)20-19-31(24-39)38(32(25-40)26-41)30-15-7-4-8-16-30/h3-10,13-20,23,34,44-45H,11-12,21-22,27-28H2,1-2H3/q+1/b31-19+,33-20+. The van der Waals surface area contributed by atoms with Gasteiger partial charge in [0.05, 0.1) is 38.9 Å². The summed E-state index contributed by atoms with van der Waals surface area (Å²) in [6, 6.07) is 33.7. The van der Waals surface area contributed by atoms with Crippen LogP contribution in [0.1, 0.15) is 29.5 Å². The minimum Gasteiger partial charge on any atom is -0.393 e. The molecule has 0 saturated carbocycles. The fourth-order valence-electron chi connectivity index (χ4n) is 5.67. The zero-order chi connectivity index (χ0) is 32.2. The number of unbranched alkanes of at least 4 members (excludes halogenated alkanes) is 1. The third-order valence-electron chi connectivity index (χ3n) is 7.83. The Balaban J connectivity index is 1.77. The third kappa shape index (κ3) is 8.24. The third-order valence-corrected chi connectivity index (χ3v) is 7.83. The second kappa shape index (κ2) is 15.5. The highest BCUT2D eigenvalue weighted by Crippen LogP contribution is 2.39. The van der Waals surface area contributed by atoms with Crippen LogP contribution in [0, 0.1) is 34.0 Å². The smallest absolute Gasteiger partial charge is 0.138 e. The Morgan fingerprint density at radius 3 is 2.16 bits per heavy atom. The molecule has 1 unspecified atom stereocenters. The monoisotopic (exact) mass is 596 g/mol. The Labute approximate surface area is 266 Å². The van der Waals surface area contributed by atoms with Crippen LogP contribution in [0.2, 0.25) is 0 Å². The summed E-state index contributed by atoms with van der Waals surface area (Å²) < 4.78 is 0.599. The predicted octanol–water partition coefficient (Wildman–Crippen LogP) is 5.98. The van der Waals surface area contributed by atoms with E-state index in [1.807, 2.05) is 66.7 Å². The molecule has 7 nitrogen and oxygen atoms in total. The first kappa shape index (κ1) is 32.7. The number of aliphatic hydroxyl groups is 2. The van der Waals surface area contributed by atoms with Gasteiger partial charge in [-0.2, -0.15) is 15.8 Å². The molecule has 0 amide bonds. The molecule has 7 heteroatoms. The number of anilines is 1. The molecule has 0 spiro atoms. The number of para-hydroxylation sites is 1. The van der Waals surface area contributed by atoms with Crippen LogP contribution in [0.5, 0.6) is 0 Å². The minimum atomic E-state index is -0.747. The highest BCUT2D eigenvalue weighted by molar-refractivity contribution is 5.93. The number of benzene rings is 3. The first-order valence-electron chi connectivity index (χ1n) is 15.0. The van der Waals surface area contributed by atoms with Crippen LogP contribution < -0.4 is 4.90 Å². The van der Waals surface area contributed by atoms with E-state index in [4.69, 9.17) is 0 Å². The molecular formula is C38H38N5O2+. The number of allylic oxidation sites excluding steroid dienone is 6. The molecule has 0 aromatic heterocycles. The number of nitrogens with zero attached hydrogens (tertiary/aromatic N) is 5. The van der Waals surface area contributed by atoms with Gasteiger partial charge >= 0.3 is 0 Å². The van der Waals surface area contributed by atoms with E-state index < -0.39 is 6.10 Å². The normalized spacial score (nSPS) is 14.4. The molecule has 3 aromatic carbocycles. The van der Waals surface area contributed by atoms with Crippen molar-refractivity contribution in [2.24, 2.45) is 0 Å². The van der Waals surface area contributed by atoms with Crippen LogP contribution in [0.15, 0.2) is 120 Å². The number of nitriles is 3. The Morgan fingerprint density at radius 1 is 0.867 bits per heavy atom. The Morgan fingerprint density at radius 2 is 1.51 bits per heavy atom. The van der Waals surface area contributed by atoms with E-state index in [9.17, 15) is 26.0 Å². The number of hydrogen-bond donors (Lipinski definition) is 2. The van der Waals surface area contributed by atoms with Gasteiger partial charge < -0.3 is 19.6 Å². The summed E-state index contributed by atoms with van der Waals surface area (Å²) in [6.45, 7) is 1.78. The van der Waals surface area contributed by atoms with Gasteiger partial charge in [-0.1, -0.05) is 78.9 Å². The molecule has 3 aromatic rings. The van der Waals surface area contributed by atoms with Crippen LogP contribution >= 0.6 is 0 Å². The van der Waals surface area contributed by atoms with Gasteiger partial charge in [-0.15, -0.1) is 0 Å². The average Bonchev–Trinajstić information content (AvgIpc) is 3.07. The first-order chi connectivity index (χ1) is 21.8. The van der Waals surface area contributed by atoms with Crippen molar-refractivity contribution >= 4 is 16.8 Å². The highest BCUT2D eigenvalue weighted by atomic mass is 16.3. The zero-order valence-corrected chi connectivity index (χ0v) is 25.8. The lowest BCUT2D eigenvalue weighted by Gasteiger charge is -2.34. The second-order valence-electron chi connectivity index (χ2n) is 11.6. The average molecular weight is 597 g/mol. The largest absolute Gasteiger partial charge is 0.393 e. The molecule has 1 atom stereocenters. The van der Waals surface area contributed by atoms with Gasteiger partial charge in [0, 0.05) is 29.1 Å². The van der Waals surface area contributed by atoms with Crippen molar-refractivity contribution in [1.29, 1.82) is 15.8 Å². The zero-order valence-electron chi connectivity index (χ0n) is 25.8. The van der Waals surface area contributed by atoms with Crippen molar-refractivity contribution in [1.82, 2.24) is 0 Å². The molecule has 2 N–H and O–H groups in total. The molecule has 0 aliphatic carbocycles. The number of likely N-dealkylation sites (N-methyl/N-ethyl adjacent to an activating group) is 1. The van der Waals surface area contributed by atoms with Crippen LogP contribution in [0.4, 0.5) is 5.69 Å². The summed E-state index contributed by atoms with van der Waals surface area (Å²) in [4.78, 5) is 2.25. The quantitative estimate of drug-likeness (QED) is 0.115. The highest BCUT2D eigenvalue weighted by Gasteiger charge is 2.24. The molecule has 0 radical (unpaired) electrons. The van der Waals surface area contributed by atoms with Gasteiger partial charge in [0.25, 0.3) is 0 Å². The van der Waals surface area contributed by atoms with E-state index in [1.165, 1.54) is 0 Å². The fourth-order valence-corrected chi connectivity index (χ4v) is 5.67. The molecule has 226 valence electrons. The lowest BCUT2D eigenvalue weighted by Crippen LogP contribution is -2.47. The van der Waals surface area contributed by atoms with Crippen molar-refractivity contribution < 1.29 is 14.7 Å². The SMILES string of the molecule is C[N+](C)(CCCCN1/C(=C/C=C(\C#N)C(=C(C#N)C#N)c2ccccc2)C=C(c2ccccc2)c2ccccc21)CC(O)CO. The molecule has 45 heavy (non-hydrogen) atoms. The van der Waals surface area contributed by atoms with Gasteiger partial charge in [-0.05, 0) is 53.8 Å². The summed E-state index contributed by atoms with van der Waals surface area (Å²) in [5, 5.41) is 49.0. The number of aliphatic hydroxyl groups excluding tert-OH is 2. The van der Waals surface area contributed by atoms with Crippen molar-refractivity contribution in [3.05, 3.63) is 137 Å². The number of hydrogen-bond acceptors (Lipinski definition) is 6. The maximum atomic E-state index is 10.2. The van der Waals surface area contributed by atoms with E-state index in [1.54, 1.807) is 18.2 Å². The Kier molecular flexibility index (Phi) is 11.2. The van der Waals surface area contributed by atoms with E-state index in [0.29, 0.717) is 28.7 Å². The van der Waals surface area contributed by atoms with E-state index in [0.717, 1.165) is 47.5 Å². The summed E-state index contributed by atoms with van der Waals surface area (Å²) in [5.74, 6) is 0. The molecule has 4 rings (SSSR count). The number of fused-ring (bicyclic) bond motifs is 1. The second-order valence-corrected chi connectivity index (χ2v) is 11.6. The van der Waals surface area contributed by atoms with Crippen molar-refractivity contribution in [3.63, 3.8) is 0 Å². The van der Waals surface area contributed by atoms with Gasteiger partial charge in [0.2, 0.25) is 0 Å². The summed E-state index contributed by atoms with van der Waals surface area (Å²) in [7, 11) is 4.11.